The van der Waals surface area contributed by atoms with Crippen molar-refractivity contribution in [2.75, 3.05) is 30.3 Å². The van der Waals surface area contributed by atoms with E-state index in [2.05, 4.69) is 15.2 Å². The zero-order valence-corrected chi connectivity index (χ0v) is 14.3. The molecule has 0 atom stereocenters. The third-order valence-corrected chi connectivity index (χ3v) is 3.97. The SMILES string of the molecule is CC(C)(C)OC(=O)NCCC1CCN(c2ccnc(N)c2)CC1. The highest BCUT2D eigenvalue weighted by Crippen LogP contribution is 2.25. The Kier molecular flexibility index (Phi) is 5.69. The fraction of sp³-hybridized carbons (Fsp3) is 0.647. The monoisotopic (exact) mass is 320 g/mol. The molecule has 1 aromatic heterocycles. The summed E-state index contributed by atoms with van der Waals surface area (Å²) in [5.74, 6) is 1.20. The third kappa shape index (κ3) is 5.96. The van der Waals surface area contributed by atoms with Crippen molar-refractivity contribution in [2.24, 2.45) is 5.92 Å². The summed E-state index contributed by atoms with van der Waals surface area (Å²) >= 11 is 0. The molecule has 6 nitrogen and oxygen atoms in total. The van der Waals surface area contributed by atoms with Crippen molar-refractivity contribution in [3.8, 4) is 0 Å². The van der Waals surface area contributed by atoms with Crippen LogP contribution < -0.4 is 16.0 Å². The van der Waals surface area contributed by atoms with Crippen molar-refractivity contribution in [2.45, 2.75) is 45.6 Å². The van der Waals surface area contributed by atoms with Gasteiger partial charge in [-0.25, -0.2) is 9.78 Å². The molecule has 0 unspecified atom stereocenters. The Balaban J connectivity index is 1.68. The van der Waals surface area contributed by atoms with Gasteiger partial charge in [-0.3, -0.25) is 0 Å². The number of aromatic nitrogens is 1. The van der Waals surface area contributed by atoms with Crippen molar-refractivity contribution in [3.63, 3.8) is 0 Å². The molecule has 6 heteroatoms. The van der Waals surface area contributed by atoms with Crippen LogP contribution in [0.15, 0.2) is 18.3 Å². The smallest absolute Gasteiger partial charge is 0.407 e. The Labute approximate surface area is 138 Å². The first-order valence-corrected chi connectivity index (χ1v) is 8.27. The second-order valence-electron chi connectivity index (χ2n) is 7.09. The van der Waals surface area contributed by atoms with Crippen LogP contribution in [0.25, 0.3) is 0 Å². The summed E-state index contributed by atoms with van der Waals surface area (Å²) in [7, 11) is 0. The normalized spacial score (nSPS) is 16.2. The predicted octanol–water partition coefficient (Wildman–Crippen LogP) is 2.80. The largest absolute Gasteiger partial charge is 0.444 e. The molecule has 3 N–H and O–H groups in total. The van der Waals surface area contributed by atoms with E-state index in [-0.39, 0.29) is 6.09 Å². The minimum absolute atomic E-state index is 0.331. The molecule has 1 amide bonds. The van der Waals surface area contributed by atoms with E-state index >= 15 is 0 Å². The third-order valence-electron chi connectivity index (χ3n) is 3.97. The molecule has 128 valence electrons. The number of hydrogen-bond donors (Lipinski definition) is 2. The lowest BCUT2D eigenvalue weighted by Gasteiger charge is -2.33. The number of hydrogen-bond acceptors (Lipinski definition) is 5. The van der Waals surface area contributed by atoms with Crippen molar-refractivity contribution in [1.29, 1.82) is 0 Å². The molecule has 1 saturated heterocycles. The Bertz CT molecular complexity index is 520. The van der Waals surface area contributed by atoms with Gasteiger partial charge in [0.15, 0.2) is 0 Å². The summed E-state index contributed by atoms with van der Waals surface area (Å²) in [6.07, 6.45) is 4.66. The van der Waals surface area contributed by atoms with Crippen LogP contribution in [0.3, 0.4) is 0 Å². The fourth-order valence-electron chi connectivity index (χ4n) is 2.81. The Morgan fingerprint density at radius 3 is 2.74 bits per heavy atom. The van der Waals surface area contributed by atoms with Gasteiger partial charge in [0, 0.05) is 37.6 Å². The number of nitrogens with zero attached hydrogens (tertiary/aromatic N) is 2. The molecule has 1 aromatic rings. The van der Waals surface area contributed by atoms with E-state index in [0.29, 0.717) is 18.3 Å². The van der Waals surface area contributed by atoms with Gasteiger partial charge >= 0.3 is 6.09 Å². The zero-order chi connectivity index (χ0) is 16.9. The molecule has 1 aliphatic rings. The quantitative estimate of drug-likeness (QED) is 0.891. The molecular formula is C17H28N4O2. The van der Waals surface area contributed by atoms with Gasteiger partial charge < -0.3 is 20.7 Å². The highest BCUT2D eigenvalue weighted by molar-refractivity contribution is 5.67. The second-order valence-corrected chi connectivity index (χ2v) is 7.09. The van der Waals surface area contributed by atoms with Gasteiger partial charge in [0.25, 0.3) is 0 Å². The van der Waals surface area contributed by atoms with E-state index in [9.17, 15) is 4.79 Å². The molecule has 1 aliphatic heterocycles. The summed E-state index contributed by atoms with van der Waals surface area (Å²) < 4.78 is 5.24. The number of rotatable bonds is 4. The maximum absolute atomic E-state index is 11.6. The van der Waals surface area contributed by atoms with Crippen LogP contribution in [0.1, 0.15) is 40.0 Å². The molecule has 0 bridgehead atoms. The van der Waals surface area contributed by atoms with Crippen molar-refractivity contribution in [1.82, 2.24) is 10.3 Å². The van der Waals surface area contributed by atoms with E-state index < -0.39 is 5.60 Å². The Morgan fingerprint density at radius 2 is 2.13 bits per heavy atom. The summed E-state index contributed by atoms with van der Waals surface area (Å²) in [5.41, 5.74) is 6.44. The number of nitrogens with two attached hydrogens (primary N) is 1. The van der Waals surface area contributed by atoms with E-state index in [1.165, 1.54) is 0 Å². The number of amides is 1. The minimum Gasteiger partial charge on any atom is -0.444 e. The van der Waals surface area contributed by atoms with Gasteiger partial charge in [-0.1, -0.05) is 0 Å². The zero-order valence-electron chi connectivity index (χ0n) is 14.3. The fourth-order valence-corrected chi connectivity index (χ4v) is 2.81. The van der Waals surface area contributed by atoms with E-state index in [1.807, 2.05) is 32.9 Å². The van der Waals surface area contributed by atoms with Crippen molar-refractivity contribution >= 4 is 17.6 Å². The van der Waals surface area contributed by atoms with Crippen LogP contribution in [0.5, 0.6) is 0 Å². The number of pyridine rings is 1. The summed E-state index contributed by atoms with van der Waals surface area (Å²) in [6.45, 7) is 8.30. The summed E-state index contributed by atoms with van der Waals surface area (Å²) in [6, 6.07) is 3.92. The van der Waals surface area contributed by atoms with Crippen LogP contribution >= 0.6 is 0 Å². The highest BCUT2D eigenvalue weighted by atomic mass is 16.6. The molecule has 2 heterocycles. The number of ether oxygens (including phenoxy) is 1. The van der Waals surface area contributed by atoms with Crippen molar-refractivity contribution < 1.29 is 9.53 Å². The first kappa shape index (κ1) is 17.4. The van der Waals surface area contributed by atoms with Crippen molar-refractivity contribution in [3.05, 3.63) is 18.3 Å². The second kappa shape index (κ2) is 7.53. The first-order valence-electron chi connectivity index (χ1n) is 8.27. The highest BCUT2D eigenvalue weighted by Gasteiger charge is 2.20. The Morgan fingerprint density at radius 1 is 1.43 bits per heavy atom. The number of alkyl carbamates (subject to hydrolysis) is 1. The number of anilines is 2. The lowest BCUT2D eigenvalue weighted by atomic mass is 9.93. The Hall–Kier alpha value is -1.98. The summed E-state index contributed by atoms with van der Waals surface area (Å²) in [4.78, 5) is 18.0. The number of nitrogen functional groups attached to an aromatic ring is 1. The van der Waals surface area contributed by atoms with E-state index in [4.69, 9.17) is 10.5 Å². The van der Waals surface area contributed by atoms with Gasteiger partial charge in [0.2, 0.25) is 0 Å². The van der Waals surface area contributed by atoms with E-state index in [0.717, 1.165) is 38.0 Å². The molecular weight excluding hydrogens is 292 g/mol. The van der Waals surface area contributed by atoms with Gasteiger partial charge in [-0.2, -0.15) is 0 Å². The average molecular weight is 320 g/mol. The van der Waals surface area contributed by atoms with Crippen LogP contribution in [0.4, 0.5) is 16.3 Å². The number of nitrogens with one attached hydrogen (secondary N) is 1. The maximum atomic E-state index is 11.6. The average Bonchev–Trinajstić information content (AvgIpc) is 2.46. The number of carbonyl (C=O) groups is 1. The molecule has 0 radical (unpaired) electrons. The molecule has 0 aliphatic carbocycles. The van der Waals surface area contributed by atoms with E-state index in [1.54, 1.807) is 6.20 Å². The molecule has 0 aromatic carbocycles. The topological polar surface area (TPSA) is 80.5 Å². The lowest BCUT2D eigenvalue weighted by Crippen LogP contribution is -2.36. The van der Waals surface area contributed by atoms with Gasteiger partial charge in [-0.05, 0) is 52.0 Å². The maximum Gasteiger partial charge on any atom is 0.407 e. The standard InChI is InChI=1S/C17H28N4O2/c1-17(2,3)23-16(22)20-8-4-13-6-10-21(11-7-13)14-5-9-19-15(18)12-14/h5,9,12-13H,4,6-8,10-11H2,1-3H3,(H2,18,19)(H,20,22). The lowest BCUT2D eigenvalue weighted by molar-refractivity contribution is 0.0524. The number of piperidine rings is 1. The number of carbonyl (C=O) groups excluding carboxylic acids is 1. The van der Waals surface area contributed by atoms with Gasteiger partial charge in [0.05, 0.1) is 0 Å². The molecule has 0 saturated carbocycles. The van der Waals surface area contributed by atoms with Crippen LogP contribution in [0, 0.1) is 5.92 Å². The molecule has 2 rings (SSSR count). The first-order chi connectivity index (χ1) is 10.8. The molecule has 0 spiro atoms. The molecule has 23 heavy (non-hydrogen) atoms. The molecule has 1 fully saturated rings. The van der Waals surface area contributed by atoms with Crippen LogP contribution in [0.2, 0.25) is 0 Å². The minimum atomic E-state index is -0.443. The summed E-state index contributed by atoms with van der Waals surface area (Å²) in [5, 5.41) is 2.84. The van der Waals surface area contributed by atoms with Gasteiger partial charge in [0.1, 0.15) is 11.4 Å². The van der Waals surface area contributed by atoms with Crippen LogP contribution in [-0.4, -0.2) is 36.3 Å². The van der Waals surface area contributed by atoms with Gasteiger partial charge in [-0.15, -0.1) is 0 Å². The van der Waals surface area contributed by atoms with Crippen LogP contribution in [-0.2, 0) is 4.74 Å². The predicted molar refractivity (Wildman–Crippen MR) is 92.4 cm³/mol.